The molecule has 0 amide bonds. The van der Waals surface area contributed by atoms with Crippen LogP contribution < -0.4 is 15.2 Å². The SMILES string of the molecule is COc1cc(Br)c(CN=C(N)N2CCCCCC2)cc1OC.I. The Bertz CT molecular complexity index is 532. The molecule has 7 heteroatoms. The predicted molar refractivity (Wildman–Crippen MR) is 108 cm³/mol. The first kappa shape index (κ1) is 20.3. The molecule has 0 saturated carbocycles. The molecule has 1 saturated heterocycles. The average Bonchev–Trinajstić information content (AvgIpc) is 2.82. The second-order valence-corrected chi connectivity index (χ2v) is 6.23. The Kier molecular flexibility index (Phi) is 9.04. The highest BCUT2D eigenvalue weighted by atomic mass is 127. The quantitative estimate of drug-likeness (QED) is 0.390. The largest absolute Gasteiger partial charge is 0.493 e. The zero-order chi connectivity index (χ0) is 15.9. The van der Waals surface area contributed by atoms with E-state index in [0.717, 1.165) is 23.1 Å². The summed E-state index contributed by atoms with van der Waals surface area (Å²) in [6, 6.07) is 3.83. The Morgan fingerprint density at radius 2 is 1.70 bits per heavy atom. The number of likely N-dealkylation sites (tertiary alicyclic amines) is 1. The number of hydrogen-bond donors (Lipinski definition) is 1. The summed E-state index contributed by atoms with van der Waals surface area (Å²) in [5.74, 6) is 2.02. The van der Waals surface area contributed by atoms with Crippen LogP contribution in [0, 0.1) is 0 Å². The van der Waals surface area contributed by atoms with Crippen molar-refractivity contribution in [3.63, 3.8) is 0 Å². The van der Waals surface area contributed by atoms with E-state index in [1.807, 2.05) is 12.1 Å². The molecule has 0 spiro atoms. The van der Waals surface area contributed by atoms with Crippen molar-refractivity contribution in [1.82, 2.24) is 4.90 Å². The number of halogens is 2. The van der Waals surface area contributed by atoms with Crippen molar-refractivity contribution in [1.29, 1.82) is 0 Å². The Hall–Kier alpha value is -0.700. The lowest BCUT2D eigenvalue weighted by Crippen LogP contribution is -2.38. The molecule has 23 heavy (non-hydrogen) atoms. The van der Waals surface area contributed by atoms with Gasteiger partial charge in [0.25, 0.3) is 0 Å². The van der Waals surface area contributed by atoms with Crippen LogP contribution >= 0.6 is 39.9 Å². The van der Waals surface area contributed by atoms with Crippen LogP contribution in [0.2, 0.25) is 0 Å². The zero-order valence-electron chi connectivity index (χ0n) is 13.7. The first-order chi connectivity index (χ1) is 10.7. The van der Waals surface area contributed by atoms with E-state index in [1.165, 1.54) is 25.7 Å². The van der Waals surface area contributed by atoms with Crippen LogP contribution in [0.3, 0.4) is 0 Å². The van der Waals surface area contributed by atoms with Gasteiger partial charge in [-0.2, -0.15) is 0 Å². The van der Waals surface area contributed by atoms with Gasteiger partial charge in [0.1, 0.15) is 0 Å². The van der Waals surface area contributed by atoms with Crippen molar-refractivity contribution in [2.75, 3.05) is 27.3 Å². The van der Waals surface area contributed by atoms with Gasteiger partial charge in [-0.25, -0.2) is 4.99 Å². The van der Waals surface area contributed by atoms with Gasteiger partial charge in [-0.3, -0.25) is 0 Å². The molecule has 2 N–H and O–H groups in total. The normalized spacial score (nSPS) is 15.6. The van der Waals surface area contributed by atoms with Gasteiger partial charge < -0.3 is 20.1 Å². The van der Waals surface area contributed by atoms with E-state index in [4.69, 9.17) is 15.2 Å². The summed E-state index contributed by atoms with van der Waals surface area (Å²) in [5.41, 5.74) is 7.17. The highest BCUT2D eigenvalue weighted by molar-refractivity contribution is 14.0. The minimum atomic E-state index is 0. The molecule has 0 atom stereocenters. The molecule has 0 aliphatic carbocycles. The molecule has 2 rings (SSSR count). The van der Waals surface area contributed by atoms with Gasteiger partial charge in [0.2, 0.25) is 0 Å². The van der Waals surface area contributed by atoms with E-state index in [9.17, 15) is 0 Å². The molecule has 0 aromatic heterocycles. The third-order valence-corrected chi connectivity index (χ3v) is 4.63. The molecule has 1 fully saturated rings. The van der Waals surface area contributed by atoms with E-state index in [0.29, 0.717) is 24.0 Å². The van der Waals surface area contributed by atoms with Crippen molar-refractivity contribution in [3.8, 4) is 11.5 Å². The van der Waals surface area contributed by atoms with Gasteiger partial charge in [-0.15, -0.1) is 24.0 Å². The summed E-state index contributed by atoms with van der Waals surface area (Å²) in [4.78, 5) is 6.73. The van der Waals surface area contributed by atoms with Crippen molar-refractivity contribution in [2.24, 2.45) is 10.7 Å². The number of rotatable bonds is 4. The summed E-state index contributed by atoms with van der Waals surface area (Å²) < 4.78 is 11.6. The molecule has 0 unspecified atom stereocenters. The van der Waals surface area contributed by atoms with Crippen LogP contribution in [0.15, 0.2) is 21.6 Å². The maximum absolute atomic E-state index is 6.15. The van der Waals surface area contributed by atoms with Gasteiger partial charge in [-0.05, 0) is 30.5 Å². The number of nitrogens with two attached hydrogens (primary N) is 1. The lowest BCUT2D eigenvalue weighted by Gasteiger charge is -2.21. The minimum Gasteiger partial charge on any atom is -0.493 e. The van der Waals surface area contributed by atoms with Crippen LogP contribution in [0.4, 0.5) is 0 Å². The standard InChI is InChI=1S/C16H24BrN3O2.HI/c1-21-14-9-12(13(17)10-15(14)22-2)11-19-16(18)20-7-5-3-4-6-8-20;/h9-10H,3-8,11H2,1-2H3,(H2,18,19);1H. The predicted octanol–water partition coefficient (Wildman–Crippen LogP) is 3.78. The lowest BCUT2D eigenvalue weighted by molar-refractivity contribution is 0.354. The van der Waals surface area contributed by atoms with Crippen LogP contribution in [-0.2, 0) is 6.54 Å². The second kappa shape index (κ2) is 10.2. The summed E-state index contributed by atoms with van der Waals surface area (Å²) >= 11 is 3.55. The van der Waals surface area contributed by atoms with Gasteiger partial charge in [-0.1, -0.05) is 28.8 Å². The summed E-state index contributed by atoms with van der Waals surface area (Å²) in [6.45, 7) is 2.52. The van der Waals surface area contributed by atoms with Crippen LogP contribution in [-0.4, -0.2) is 38.2 Å². The number of nitrogens with zero attached hydrogens (tertiary/aromatic N) is 2. The molecule has 1 aromatic carbocycles. The first-order valence-electron chi connectivity index (χ1n) is 7.61. The third kappa shape index (κ3) is 5.70. The number of hydrogen-bond acceptors (Lipinski definition) is 3. The molecular weight excluding hydrogens is 473 g/mol. The van der Waals surface area contributed by atoms with Crippen LogP contribution in [0.5, 0.6) is 11.5 Å². The zero-order valence-corrected chi connectivity index (χ0v) is 17.6. The lowest BCUT2D eigenvalue weighted by atomic mass is 10.2. The summed E-state index contributed by atoms with van der Waals surface area (Å²) in [6.07, 6.45) is 4.95. The molecule has 0 bridgehead atoms. The minimum absolute atomic E-state index is 0. The van der Waals surface area contributed by atoms with Crippen molar-refractivity contribution in [3.05, 3.63) is 22.2 Å². The highest BCUT2D eigenvalue weighted by Gasteiger charge is 2.12. The number of guanidine groups is 1. The van der Waals surface area contributed by atoms with Gasteiger partial charge in [0.15, 0.2) is 17.5 Å². The monoisotopic (exact) mass is 497 g/mol. The van der Waals surface area contributed by atoms with Crippen molar-refractivity contribution < 1.29 is 9.47 Å². The van der Waals surface area contributed by atoms with Gasteiger partial charge >= 0.3 is 0 Å². The fraction of sp³-hybridized carbons (Fsp3) is 0.562. The fourth-order valence-corrected chi connectivity index (χ4v) is 3.03. The maximum Gasteiger partial charge on any atom is 0.191 e. The molecule has 1 aliphatic heterocycles. The molecule has 130 valence electrons. The number of methoxy groups -OCH3 is 2. The van der Waals surface area contributed by atoms with E-state index in [1.54, 1.807) is 14.2 Å². The number of aliphatic imine (C=N–C) groups is 1. The topological polar surface area (TPSA) is 60.1 Å². The highest BCUT2D eigenvalue weighted by Crippen LogP contribution is 2.33. The second-order valence-electron chi connectivity index (χ2n) is 5.37. The van der Waals surface area contributed by atoms with Gasteiger partial charge in [0, 0.05) is 17.6 Å². The van der Waals surface area contributed by atoms with E-state index in [2.05, 4.69) is 25.8 Å². The van der Waals surface area contributed by atoms with Gasteiger partial charge in [0.05, 0.1) is 20.8 Å². The number of benzene rings is 1. The first-order valence-corrected chi connectivity index (χ1v) is 8.40. The summed E-state index contributed by atoms with van der Waals surface area (Å²) in [7, 11) is 3.25. The van der Waals surface area contributed by atoms with E-state index >= 15 is 0 Å². The molecule has 5 nitrogen and oxygen atoms in total. The Balaban J connectivity index is 0.00000264. The molecule has 1 aliphatic rings. The maximum atomic E-state index is 6.15. The molecule has 0 radical (unpaired) electrons. The van der Waals surface area contributed by atoms with Crippen LogP contribution in [0.25, 0.3) is 0 Å². The van der Waals surface area contributed by atoms with Crippen molar-refractivity contribution in [2.45, 2.75) is 32.2 Å². The van der Waals surface area contributed by atoms with Crippen molar-refractivity contribution >= 4 is 45.9 Å². The summed E-state index contributed by atoms with van der Waals surface area (Å²) in [5, 5.41) is 0. The smallest absolute Gasteiger partial charge is 0.191 e. The van der Waals surface area contributed by atoms with Crippen LogP contribution in [0.1, 0.15) is 31.2 Å². The molecule has 1 aromatic rings. The third-order valence-electron chi connectivity index (χ3n) is 3.89. The van der Waals surface area contributed by atoms with E-state index in [-0.39, 0.29) is 24.0 Å². The van der Waals surface area contributed by atoms with E-state index < -0.39 is 0 Å². The Morgan fingerprint density at radius 1 is 1.13 bits per heavy atom. The Labute approximate surface area is 163 Å². The number of ether oxygens (including phenoxy) is 2. The average molecular weight is 498 g/mol. The Morgan fingerprint density at radius 3 is 2.26 bits per heavy atom. The molecule has 1 heterocycles. The fourth-order valence-electron chi connectivity index (χ4n) is 2.58. The molecular formula is C16H25BrIN3O2.